The minimum Gasteiger partial charge on any atom is -0.391 e. The molecule has 4 nitrogen and oxygen atoms in total. The molecule has 0 heterocycles. The van der Waals surface area contributed by atoms with E-state index in [2.05, 4.69) is 4.74 Å². The zero-order valence-electron chi connectivity index (χ0n) is 5.46. The van der Waals surface area contributed by atoms with Gasteiger partial charge in [0, 0.05) is 0 Å². The molecular weight excluding hydrogens is 158 g/mol. The molecule has 0 saturated carbocycles. The molecule has 0 aromatic rings. The lowest BCUT2D eigenvalue weighted by Crippen LogP contribution is -2.24. The van der Waals surface area contributed by atoms with E-state index >= 15 is 0 Å². The third-order valence-electron chi connectivity index (χ3n) is 0.706. The predicted molar refractivity (Wildman–Crippen MR) is 35.5 cm³/mol. The van der Waals surface area contributed by atoms with Gasteiger partial charge in [-0.15, -0.1) is 11.6 Å². The van der Waals surface area contributed by atoms with Gasteiger partial charge in [0.05, 0.1) is 6.54 Å². The summed E-state index contributed by atoms with van der Waals surface area (Å²) in [7, 11) is 0. The van der Waals surface area contributed by atoms with Gasteiger partial charge < -0.3 is 10.5 Å². The number of hydrogen-bond donors (Lipinski definition) is 1. The van der Waals surface area contributed by atoms with Crippen LogP contribution in [0.4, 0.5) is 0 Å². The molecule has 0 saturated heterocycles. The van der Waals surface area contributed by atoms with Crippen LogP contribution in [0.2, 0.25) is 0 Å². The Labute approximate surface area is 63.3 Å². The van der Waals surface area contributed by atoms with E-state index in [-0.39, 0.29) is 6.54 Å². The van der Waals surface area contributed by atoms with Crippen LogP contribution in [-0.4, -0.2) is 23.9 Å². The van der Waals surface area contributed by atoms with Gasteiger partial charge in [0.25, 0.3) is 0 Å². The number of nitrogens with two attached hydrogens (primary N) is 1. The lowest BCUT2D eigenvalue weighted by Gasteiger charge is -2.00. The third-order valence-corrected chi connectivity index (χ3v) is 0.884. The van der Waals surface area contributed by atoms with E-state index in [4.69, 9.17) is 17.3 Å². The lowest BCUT2D eigenvalue weighted by molar-refractivity contribution is -0.158. The summed E-state index contributed by atoms with van der Waals surface area (Å²) in [6, 6.07) is 0. The number of carbonyl (C=O) groups excluding carboxylic acids is 2. The van der Waals surface area contributed by atoms with Crippen molar-refractivity contribution in [2.75, 3.05) is 6.54 Å². The third kappa shape index (κ3) is 3.42. The fourth-order valence-electron chi connectivity index (χ4n) is 0.235. The molecule has 2 N–H and O–H groups in total. The number of carbonyl (C=O) groups is 2. The molecule has 0 fully saturated rings. The SMILES string of the molecule is C[C@@H](Cl)C(=O)OC(=O)CN. The van der Waals surface area contributed by atoms with E-state index < -0.39 is 17.3 Å². The molecule has 0 aliphatic heterocycles. The molecular formula is C5H8ClNO3. The first kappa shape index (κ1) is 9.39. The summed E-state index contributed by atoms with van der Waals surface area (Å²) in [4.78, 5) is 20.8. The Kier molecular flexibility index (Phi) is 3.99. The molecule has 1 atom stereocenters. The molecule has 58 valence electrons. The van der Waals surface area contributed by atoms with E-state index in [1.807, 2.05) is 0 Å². The van der Waals surface area contributed by atoms with Gasteiger partial charge in [-0.1, -0.05) is 0 Å². The maximum absolute atomic E-state index is 10.5. The van der Waals surface area contributed by atoms with Crippen molar-refractivity contribution in [3.05, 3.63) is 0 Å². The van der Waals surface area contributed by atoms with Crippen molar-refractivity contribution in [3.63, 3.8) is 0 Å². The Morgan fingerprint density at radius 3 is 2.50 bits per heavy atom. The van der Waals surface area contributed by atoms with Crippen LogP contribution in [0.3, 0.4) is 0 Å². The zero-order chi connectivity index (χ0) is 8.15. The summed E-state index contributed by atoms with van der Waals surface area (Å²) in [5, 5.41) is -0.810. The van der Waals surface area contributed by atoms with Crippen molar-refractivity contribution in [1.29, 1.82) is 0 Å². The van der Waals surface area contributed by atoms with E-state index in [1.165, 1.54) is 6.92 Å². The minimum atomic E-state index is -0.810. The van der Waals surface area contributed by atoms with Gasteiger partial charge in [0.1, 0.15) is 5.38 Å². The fourth-order valence-corrected chi connectivity index (χ4v) is 0.280. The van der Waals surface area contributed by atoms with Gasteiger partial charge in [-0.05, 0) is 6.92 Å². The minimum absolute atomic E-state index is 0.310. The highest BCUT2D eigenvalue weighted by atomic mass is 35.5. The summed E-state index contributed by atoms with van der Waals surface area (Å²) >= 11 is 5.26. The number of hydrogen-bond acceptors (Lipinski definition) is 4. The summed E-state index contributed by atoms with van der Waals surface area (Å²) < 4.78 is 4.13. The number of rotatable bonds is 2. The topological polar surface area (TPSA) is 69.4 Å². The summed E-state index contributed by atoms with van der Waals surface area (Å²) in [5.74, 6) is -1.53. The van der Waals surface area contributed by atoms with Crippen molar-refractivity contribution in [1.82, 2.24) is 0 Å². The van der Waals surface area contributed by atoms with Gasteiger partial charge in [-0.3, -0.25) is 4.79 Å². The van der Waals surface area contributed by atoms with Gasteiger partial charge in [-0.25, -0.2) is 4.79 Å². The number of alkyl halides is 1. The maximum Gasteiger partial charge on any atom is 0.331 e. The molecule has 0 aromatic carbocycles. The number of esters is 2. The molecule has 0 aliphatic carbocycles. The molecule has 0 radical (unpaired) electrons. The van der Waals surface area contributed by atoms with Crippen molar-refractivity contribution in [2.24, 2.45) is 5.73 Å². The standard InChI is InChI=1S/C5H8ClNO3/c1-3(6)5(9)10-4(8)2-7/h3H,2,7H2,1H3/t3-/m1/s1. The molecule has 10 heavy (non-hydrogen) atoms. The predicted octanol–water partition coefficient (Wildman–Crippen LogP) is -0.358. The highest BCUT2D eigenvalue weighted by Crippen LogP contribution is 1.95. The van der Waals surface area contributed by atoms with Crippen molar-refractivity contribution >= 4 is 23.5 Å². The van der Waals surface area contributed by atoms with Crippen LogP contribution < -0.4 is 5.73 Å². The first-order valence-electron chi connectivity index (χ1n) is 2.66. The molecule has 0 unspecified atom stereocenters. The van der Waals surface area contributed by atoms with Gasteiger partial charge in [0.2, 0.25) is 0 Å². The van der Waals surface area contributed by atoms with Crippen molar-refractivity contribution in [3.8, 4) is 0 Å². The normalized spacial score (nSPS) is 12.3. The first-order chi connectivity index (χ1) is 4.57. The summed E-state index contributed by atoms with van der Waals surface area (Å²) in [5.41, 5.74) is 4.85. The Hall–Kier alpha value is -0.610. The van der Waals surface area contributed by atoms with Crippen LogP contribution >= 0.6 is 11.6 Å². The van der Waals surface area contributed by atoms with Crippen LogP contribution in [0.1, 0.15) is 6.92 Å². The quantitative estimate of drug-likeness (QED) is 0.345. The van der Waals surface area contributed by atoms with E-state index in [1.54, 1.807) is 0 Å². The second kappa shape index (κ2) is 4.24. The van der Waals surface area contributed by atoms with E-state index in [9.17, 15) is 9.59 Å². The van der Waals surface area contributed by atoms with Crippen molar-refractivity contribution < 1.29 is 14.3 Å². The van der Waals surface area contributed by atoms with Crippen LogP contribution in [0.25, 0.3) is 0 Å². The second-order valence-electron chi connectivity index (χ2n) is 1.61. The van der Waals surface area contributed by atoms with Gasteiger partial charge >= 0.3 is 11.9 Å². The van der Waals surface area contributed by atoms with E-state index in [0.717, 1.165) is 0 Å². The van der Waals surface area contributed by atoms with Gasteiger partial charge in [-0.2, -0.15) is 0 Å². The van der Waals surface area contributed by atoms with Gasteiger partial charge in [0.15, 0.2) is 0 Å². The lowest BCUT2D eigenvalue weighted by atomic mass is 10.5. The fraction of sp³-hybridized carbons (Fsp3) is 0.600. The Morgan fingerprint density at radius 1 is 1.70 bits per heavy atom. The second-order valence-corrected chi connectivity index (χ2v) is 2.27. The molecule has 5 heteroatoms. The Morgan fingerprint density at radius 2 is 2.20 bits per heavy atom. The van der Waals surface area contributed by atoms with E-state index in [0.29, 0.717) is 0 Å². The highest BCUT2D eigenvalue weighted by molar-refractivity contribution is 6.30. The molecule has 0 aromatic heterocycles. The average molecular weight is 166 g/mol. The summed E-state index contributed by atoms with van der Waals surface area (Å²) in [6.07, 6.45) is 0. The largest absolute Gasteiger partial charge is 0.391 e. The summed E-state index contributed by atoms with van der Waals surface area (Å²) in [6.45, 7) is 1.10. The monoisotopic (exact) mass is 165 g/mol. The van der Waals surface area contributed by atoms with Crippen LogP contribution in [-0.2, 0) is 14.3 Å². The Balaban J connectivity index is 3.69. The Bertz CT molecular complexity index is 146. The molecule has 0 amide bonds. The molecule has 0 rings (SSSR count). The molecule has 0 bridgehead atoms. The zero-order valence-corrected chi connectivity index (χ0v) is 6.22. The smallest absolute Gasteiger partial charge is 0.331 e. The first-order valence-corrected chi connectivity index (χ1v) is 3.10. The maximum atomic E-state index is 10.5. The molecule has 0 aliphatic rings. The molecule has 0 spiro atoms. The van der Waals surface area contributed by atoms with Crippen LogP contribution in [0.5, 0.6) is 0 Å². The van der Waals surface area contributed by atoms with Crippen LogP contribution in [0, 0.1) is 0 Å². The highest BCUT2D eigenvalue weighted by Gasteiger charge is 2.13. The average Bonchev–Trinajstić information content (AvgIpc) is 1.87. The van der Waals surface area contributed by atoms with Crippen molar-refractivity contribution in [2.45, 2.75) is 12.3 Å². The van der Waals surface area contributed by atoms with Crippen LogP contribution in [0.15, 0.2) is 0 Å². The number of ether oxygens (including phenoxy) is 1. The number of halogens is 1.